The molecule has 1 aliphatic rings. The van der Waals surface area contributed by atoms with Gasteiger partial charge in [-0.25, -0.2) is 0 Å². The van der Waals surface area contributed by atoms with Crippen LogP contribution in [0.2, 0.25) is 0 Å². The molecule has 15 heavy (non-hydrogen) atoms. The predicted molar refractivity (Wildman–Crippen MR) is 62.7 cm³/mol. The van der Waals surface area contributed by atoms with Crippen LogP contribution in [0, 0.1) is 0 Å². The maximum atomic E-state index is 5.37. The molecule has 80 valence electrons. The summed E-state index contributed by atoms with van der Waals surface area (Å²) in [6.07, 6.45) is 6.82. The first-order chi connectivity index (χ1) is 7.42. The monoisotopic (exact) mass is 203 g/mol. The third-order valence-corrected chi connectivity index (χ3v) is 2.84. The van der Waals surface area contributed by atoms with Crippen LogP contribution >= 0.6 is 0 Å². The van der Waals surface area contributed by atoms with E-state index in [0.29, 0.717) is 6.04 Å². The summed E-state index contributed by atoms with van der Waals surface area (Å²) in [5, 5.41) is 0. The third kappa shape index (κ3) is 2.38. The standard InChI is InChI=1S/C13H17NO/c1-15-13-9-5-4-7-11(13)12-8-3-2-6-10-14-12/h4-5,7,9-10,12H,2-3,6,8H2,1H3. The van der Waals surface area contributed by atoms with Crippen LogP contribution in [-0.2, 0) is 0 Å². The minimum absolute atomic E-state index is 0.295. The lowest BCUT2D eigenvalue weighted by molar-refractivity contribution is 0.404. The molecule has 0 saturated carbocycles. The Morgan fingerprint density at radius 2 is 2.13 bits per heavy atom. The van der Waals surface area contributed by atoms with Crippen LogP contribution in [0.25, 0.3) is 0 Å². The summed E-state index contributed by atoms with van der Waals surface area (Å²) in [6.45, 7) is 0. The topological polar surface area (TPSA) is 21.6 Å². The van der Waals surface area contributed by atoms with Crippen molar-refractivity contribution >= 4 is 6.21 Å². The lowest BCUT2D eigenvalue weighted by Crippen LogP contribution is -1.98. The van der Waals surface area contributed by atoms with Crippen LogP contribution in [0.3, 0.4) is 0 Å². The zero-order valence-corrected chi connectivity index (χ0v) is 9.15. The normalized spacial score (nSPS) is 21.0. The molecular weight excluding hydrogens is 186 g/mol. The minimum atomic E-state index is 0.295. The highest BCUT2D eigenvalue weighted by molar-refractivity contribution is 5.58. The Morgan fingerprint density at radius 3 is 3.00 bits per heavy atom. The van der Waals surface area contributed by atoms with Crippen molar-refractivity contribution in [2.75, 3.05) is 7.11 Å². The van der Waals surface area contributed by atoms with Crippen molar-refractivity contribution in [2.24, 2.45) is 4.99 Å². The average Bonchev–Trinajstić information content (AvgIpc) is 2.57. The van der Waals surface area contributed by atoms with Crippen molar-refractivity contribution in [2.45, 2.75) is 31.7 Å². The van der Waals surface area contributed by atoms with E-state index in [9.17, 15) is 0 Å². The molecule has 0 aliphatic carbocycles. The van der Waals surface area contributed by atoms with Crippen LogP contribution in [0.1, 0.15) is 37.3 Å². The van der Waals surface area contributed by atoms with E-state index in [4.69, 9.17) is 4.74 Å². The zero-order valence-electron chi connectivity index (χ0n) is 9.15. The van der Waals surface area contributed by atoms with Crippen molar-refractivity contribution < 1.29 is 4.74 Å². The molecule has 1 aromatic carbocycles. The van der Waals surface area contributed by atoms with Gasteiger partial charge in [0.25, 0.3) is 0 Å². The molecule has 0 N–H and O–H groups in total. The molecule has 0 amide bonds. The molecule has 2 nitrogen and oxygen atoms in total. The maximum Gasteiger partial charge on any atom is 0.124 e. The van der Waals surface area contributed by atoms with E-state index in [1.54, 1.807) is 7.11 Å². The van der Waals surface area contributed by atoms with Gasteiger partial charge in [0.2, 0.25) is 0 Å². The lowest BCUT2D eigenvalue weighted by Gasteiger charge is -2.14. The molecule has 0 fully saturated rings. The number of hydrogen-bond donors (Lipinski definition) is 0. The number of ether oxygens (including phenoxy) is 1. The lowest BCUT2D eigenvalue weighted by atomic mass is 10.0. The molecule has 1 heterocycles. The highest BCUT2D eigenvalue weighted by atomic mass is 16.5. The Balaban J connectivity index is 2.26. The van der Waals surface area contributed by atoms with Crippen LogP contribution in [0.4, 0.5) is 0 Å². The summed E-state index contributed by atoms with van der Waals surface area (Å²) in [6, 6.07) is 8.48. The van der Waals surface area contributed by atoms with Crippen molar-refractivity contribution in [3.63, 3.8) is 0 Å². The van der Waals surface area contributed by atoms with E-state index >= 15 is 0 Å². The largest absolute Gasteiger partial charge is 0.496 e. The van der Waals surface area contributed by atoms with Gasteiger partial charge in [-0.15, -0.1) is 0 Å². The molecule has 0 spiro atoms. The molecule has 1 aliphatic heterocycles. The van der Waals surface area contributed by atoms with Gasteiger partial charge in [0.15, 0.2) is 0 Å². The van der Waals surface area contributed by atoms with Gasteiger partial charge < -0.3 is 4.74 Å². The Morgan fingerprint density at radius 1 is 1.27 bits per heavy atom. The molecular formula is C13H17NO. The molecule has 1 aromatic rings. The second-order valence-electron chi connectivity index (χ2n) is 3.87. The highest BCUT2D eigenvalue weighted by Crippen LogP contribution is 2.32. The van der Waals surface area contributed by atoms with Gasteiger partial charge in [-0.1, -0.05) is 24.6 Å². The van der Waals surface area contributed by atoms with Crippen LogP contribution in [0.5, 0.6) is 5.75 Å². The summed E-state index contributed by atoms with van der Waals surface area (Å²) in [4.78, 5) is 4.60. The van der Waals surface area contributed by atoms with Crippen molar-refractivity contribution in [3.05, 3.63) is 29.8 Å². The number of methoxy groups -OCH3 is 1. The summed E-state index contributed by atoms with van der Waals surface area (Å²) in [5.41, 5.74) is 1.22. The minimum Gasteiger partial charge on any atom is -0.496 e. The Hall–Kier alpha value is -1.31. The molecule has 2 rings (SSSR count). The second kappa shape index (κ2) is 4.96. The quantitative estimate of drug-likeness (QED) is 0.722. The summed E-state index contributed by atoms with van der Waals surface area (Å²) in [7, 11) is 1.72. The van der Waals surface area contributed by atoms with E-state index < -0.39 is 0 Å². The Kier molecular flexibility index (Phi) is 3.38. The molecule has 0 radical (unpaired) electrons. The predicted octanol–water partition coefficient (Wildman–Crippen LogP) is 3.38. The first-order valence-corrected chi connectivity index (χ1v) is 5.56. The second-order valence-corrected chi connectivity index (χ2v) is 3.87. The fourth-order valence-electron chi connectivity index (χ4n) is 2.03. The highest BCUT2D eigenvalue weighted by Gasteiger charge is 2.14. The van der Waals surface area contributed by atoms with E-state index in [1.165, 1.54) is 18.4 Å². The first kappa shape index (κ1) is 10.2. The maximum absolute atomic E-state index is 5.37. The van der Waals surface area contributed by atoms with Gasteiger partial charge >= 0.3 is 0 Å². The third-order valence-electron chi connectivity index (χ3n) is 2.84. The van der Waals surface area contributed by atoms with Crippen LogP contribution in [-0.4, -0.2) is 13.3 Å². The molecule has 0 bridgehead atoms. The van der Waals surface area contributed by atoms with Gasteiger partial charge in [0, 0.05) is 5.56 Å². The number of hydrogen-bond acceptors (Lipinski definition) is 2. The Labute approximate surface area is 91.0 Å². The number of benzene rings is 1. The first-order valence-electron chi connectivity index (χ1n) is 5.56. The fraction of sp³-hybridized carbons (Fsp3) is 0.462. The number of aliphatic imine (C=N–C) groups is 1. The van der Waals surface area contributed by atoms with Crippen molar-refractivity contribution in [1.29, 1.82) is 0 Å². The van der Waals surface area contributed by atoms with Gasteiger partial charge in [-0.05, 0) is 31.5 Å². The van der Waals surface area contributed by atoms with Gasteiger partial charge in [-0.2, -0.15) is 0 Å². The number of nitrogens with zero attached hydrogens (tertiary/aromatic N) is 1. The van der Waals surface area contributed by atoms with E-state index in [1.807, 2.05) is 12.1 Å². The SMILES string of the molecule is COc1ccccc1C1CCCCC=N1. The van der Waals surface area contributed by atoms with Crippen molar-refractivity contribution in [3.8, 4) is 5.75 Å². The summed E-state index contributed by atoms with van der Waals surface area (Å²) >= 11 is 0. The molecule has 1 unspecified atom stereocenters. The zero-order chi connectivity index (χ0) is 10.5. The van der Waals surface area contributed by atoms with Gasteiger partial charge in [0.05, 0.1) is 13.2 Å². The number of rotatable bonds is 2. The smallest absolute Gasteiger partial charge is 0.124 e. The molecule has 0 aromatic heterocycles. The molecule has 1 atom stereocenters. The molecule has 0 saturated heterocycles. The summed E-state index contributed by atoms with van der Waals surface area (Å²) < 4.78 is 5.37. The van der Waals surface area contributed by atoms with Crippen LogP contribution < -0.4 is 4.74 Å². The van der Waals surface area contributed by atoms with Gasteiger partial charge in [-0.3, -0.25) is 4.99 Å². The Bertz CT molecular complexity index is 346. The number of para-hydroxylation sites is 1. The average molecular weight is 203 g/mol. The van der Waals surface area contributed by atoms with Gasteiger partial charge in [0.1, 0.15) is 5.75 Å². The van der Waals surface area contributed by atoms with Crippen LogP contribution in [0.15, 0.2) is 29.3 Å². The van der Waals surface area contributed by atoms with E-state index in [0.717, 1.165) is 18.6 Å². The van der Waals surface area contributed by atoms with E-state index in [-0.39, 0.29) is 0 Å². The fourth-order valence-corrected chi connectivity index (χ4v) is 2.03. The van der Waals surface area contributed by atoms with E-state index in [2.05, 4.69) is 23.3 Å². The van der Waals surface area contributed by atoms with Crippen molar-refractivity contribution in [1.82, 2.24) is 0 Å². The summed E-state index contributed by atoms with van der Waals surface area (Å²) in [5.74, 6) is 0.960. The molecule has 2 heteroatoms.